The van der Waals surface area contributed by atoms with Crippen molar-refractivity contribution in [1.82, 2.24) is 4.98 Å². The Balaban J connectivity index is 2.18. The molecule has 0 aliphatic carbocycles. The van der Waals surface area contributed by atoms with Crippen LogP contribution in [0.3, 0.4) is 0 Å². The van der Waals surface area contributed by atoms with Crippen molar-refractivity contribution in [2.24, 2.45) is 5.41 Å². The lowest BCUT2D eigenvalue weighted by Gasteiger charge is -2.25. The molecule has 0 aliphatic rings. The first-order valence-corrected chi connectivity index (χ1v) is 7.82. The van der Waals surface area contributed by atoms with Gasteiger partial charge >= 0.3 is 0 Å². The first kappa shape index (κ1) is 15.9. The zero-order valence-electron chi connectivity index (χ0n) is 12.9. The number of alkyl halides is 1. The van der Waals surface area contributed by atoms with E-state index in [1.807, 2.05) is 24.4 Å². The van der Waals surface area contributed by atoms with Crippen molar-refractivity contribution in [2.75, 3.05) is 24.9 Å². The van der Waals surface area contributed by atoms with E-state index in [1.165, 1.54) is 0 Å². The summed E-state index contributed by atoms with van der Waals surface area (Å²) in [6, 6.07) is 8.06. The number of methoxy groups -OCH3 is 1. The van der Waals surface area contributed by atoms with E-state index in [-0.39, 0.29) is 5.41 Å². The van der Waals surface area contributed by atoms with E-state index < -0.39 is 0 Å². The van der Waals surface area contributed by atoms with Gasteiger partial charge in [-0.3, -0.25) is 0 Å². The second-order valence-corrected chi connectivity index (χ2v) is 6.43. The third kappa shape index (κ3) is 4.24. The number of pyridine rings is 1. The fraction of sp³-hybridized carbons (Fsp3) is 0.471. The van der Waals surface area contributed by atoms with Crippen LogP contribution in [-0.4, -0.2) is 24.5 Å². The fourth-order valence-electron chi connectivity index (χ4n) is 2.37. The standard InChI is InChI=1S/C17H23ClN2O/c1-17(2,8-4-9-18)12-20-16-15-11-14(21-3)6-5-13(15)7-10-19-16/h5-7,10-11H,4,8-9,12H2,1-3H3,(H,19,20). The van der Waals surface area contributed by atoms with Gasteiger partial charge in [-0.15, -0.1) is 11.6 Å². The van der Waals surface area contributed by atoms with E-state index in [9.17, 15) is 0 Å². The van der Waals surface area contributed by atoms with Gasteiger partial charge in [-0.1, -0.05) is 19.9 Å². The van der Waals surface area contributed by atoms with Crippen molar-refractivity contribution >= 4 is 28.2 Å². The molecular formula is C17H23ClN2O. The normalized spacial score (nSPS) is 11.6. The molecular weight excluding hydrogens is 284 g/mol. The Morgan fingerprint density at radius 2 is 2.10 bits per heavy atom. The number of anilines is 1. The Bertz CT molecular complexity index is 598. The molecule has 0 fully saturated rings. The van der Waals surface area contributed by atoms with E-state index in [0.717, 1.165) is 41.7 Å². The predicted molar refractivity (Wildman–Crippen MR) is 90.5 cm³/mol. The topological polar surface area (TPSA) is 34.1 Å². The molecule has 0 unspecified atom stereocenters. The fourth-order valence-corrected chi connectivity index (χ4v) is 2.51. The molecule has 1 heterocycles. The van der Waals surface area contributed by atoms with Gasteiger partial charge in [0.05, 0.1) is 7.11 Å². The Morgan fingerprint density at radius 3 is 2.81 bits per heavy atom. The number of rotatable bonds is 7. The van der Waals surface area contributed by atoms with E-state index in [2.05, 4.69) is 30.2 Å². The third-order valence-electron chi connectivity index (χ3n) is 3.69. The van der Waals surface area contributed by atoms with Gasteiger partial charge in [-0.2, -0.15) is 0 Å². The highest BCUT2D eigenvalue weighted by Crippen LogP contribution is 2.28. The molecule has 1 aromatic carbocycles. The van der Waals surface area contributed by atoms with Crippen LogP contribution in [0, 0.1) is 5.41 Å². The van der Waals surface area contributed by atoms with E-state index in [4.69, 9.17) is 16.3 Å². The number of halogens is 1. The van der Waals surface area contributed by atoms with Gasteiger partial charge in [0, 0.05) is 24.0 Å². The van der Waals surface area contributed by atoms with Gasteiger partial charge in [0.1, 0.15) is 11.6 Å². The zero-order chi connectivity index (χ0) is 15.3. The summed E-state index contributed by atoms with van der Waals surface area (Å²) in [6.45, 7) is 5.36. The van der Waals surface area contributed by atoms with E-state index in [1.54, 1.807) is 7.11 Å². The molecule has 1 aromatic heterocycles. The molecule has 1 N–H and O–H groups in total. The van der Waals surface area contributed by atoms with Gasteiger partial charge < -0.3 is 10.1 Å². The van der Waals surface area contributed by atoms with E-state index in [0.29, 0.717) is 5.88 Å². The van der Waals surface area contributed by atoms with Crippen LogP contribution in [0.4, 0.5) is 5.82 Å². The maximum atomic E-state index is 5.79. The molecule has 0 aliphatic heterocycles. The molecule has 0 amide bonds. The van der Waals surface area contributed by atoms with Crippen LogP contribution in [0.25, 0.3) is 10.8 Å². The van der Waals surface area contributed by atoms with Crippen LogP contribution in [0.2, 0.25) is 0 Å². The molecule has 0 spiro atoms. The lowest BCUT2D eigenvalue weighted by atomic mass is 9.88. The van der Waals surface area contributed by atoms with Crippen LogP contribution in [0.5, 0.6) is 5.75 Å². The highest BCUT2D eigenvalue weighted by atomic mass is 35.5. The van der Waals surface area contributed by atoms with Gasteiger partial charge in [0.15, 0.2) is 0 Å². The van der Waals surface area contributed by atoms with Crippen LogP contribution >= 0.6 is 11.6 Å². The summed E-state index contributed by atoms with van der Waals surface area (Å²) in [4.78, 5) is 4.47. The van der Waals surface area contributed by atoms with Crippen molar-refractivity contribution in [3.05, 3.63) is 30.5 Å². The lowest BCUT2D eigenvalue weighted by Crippen LogP contribution is -2.23. The molecule has 0 saturated carbocycles. The minimum absolute atomic E-state index is 0.192. The molecule has 0 saturated heterocycles. The minimum Gasteiger partial charge on any atom is -0.497 e. The van der Waals surface area contributed by atoms with Crippen molar-refractivity contribution < 1.29 is 4.74 Å². The summed E-state index contributed by atoms with van der Waals surface area (Å²) in [5.74, 6) is 2.47. The largest absolute Gasteiger partial charge is 0.497 e. The Hall–Kier alpha value is -1.48. The van der Waals surface area contributed by atoms with Crippen LogP contribution in [0.15, 0.2) is 30.5 Å². The number of nitrogens with zero attached hydrogens (tertiary/aromatic N) is 1. The molecule has 4 heteroatoms. The molecule has 0 atom stereocenters. The summed E-state index contributed by atoms with van der Waals surface area (Å²) >= 11 is 5.79. The number of hydrogen-bond acceptors (Lipinski definition) is 3. The Kier molecular flexibility index (Phi) is 5.29. The summed E-state index contributed by atoms with van der Waals surface area (Å²) in [5.41, 5.74) is 0.192. The maximum Gasteiger partial charge on any atom is 0.133 e. The first-order valence-electron chi connectivity index (χ1n) is 7.28. The average Bonchev–Trinajstić information content (AvgIpc) is 2.50. The summed E-state index contributed by atoms with van der Waals surface area (Å²) in [6.07, 6.45) is 3.97. The lowest BCUT2D eigenvalue weighted by molar-refractivity contribution is 0.355. The maximum absolute atomic E-state index is 5.79. The van der Waals surface area contributed by atoms with Gasteiger partial charge in [-0.05, 0) is 41.8 Å². The monoisotopic (exact) mass is 306 g/mol. The molecule has 0 radical (unpaired) electrons. The number of ether oxygens (including phenoxy) is 1. The molecule has 21 heavy (non-hydrogen) atoms. The van der Waals surface area contributed by atoms with Crippen LogP contribution in [-0.2, 0) is 0 Å². The molecule has 3 nitrogen and oxygen atoms in total. The second kappa shape index (κ2) is 6.99. The van der Waals surface area contributed by atoms with Gasteiger partial charge in [0.2, 0.25) is 0 Å². The average molecular weight is 307 g/mol. The molecule has 2 aromatic rings. The number of nitrogens with one attached hydrogen (secondary N) is 1. The molecule has 0 bridgehead atoms. The Labute approximate surface area is 131 Å². The van der Waals surface area contributed by atoms with Crippen molar-refractivity contribution in [2.45, 2.75) is 26.7 Å². The van der Waals surface area contributed by atoms with Crippen LogP contribution in [0.1, 0.15) is 26.7 Å². The summed E-state index contributed by atoms with van der Waals surface area (Å²) in [5, 5.41) is 5.73. The minimum atomic E-state index is 0.192. The number of fused-ring (bicyclic) bond motifs is 1. The summed E-state index contributed by atoms with van der Waals surface area (Å²) < 4.78 is 5.31. The number of benzene rings is 1. The third-order valence-corrected chi connectivity index (χ3v) is 3.96. The van der Waals surface area contributed by atoms with Crippen molar-refractivity contribution in [1.29, 1.82) is 0 Å². The highest BCUT2D eigenvalue weighted by molar-refractivity contribution is 6.17. The zero-order valence-corrected chi connectivity index (χ0v) is 13.7. The van der Waals surface area contributed by atoms with E-state index >= 15 is 0 Å². The SMILES string of the molecule is COc1ccc2ccnc(NCC(C)(C)CCCCl)c2c1. The smallest absolute Gasteiger partial charge is 0.133 e. The highest BCUT2D eigenvalue weighted by Gasteiger charge is 2.17. The Morgan fingerprint density at radius 1 is 1.29 bits per heavy atom. The van der Waals surface area contributed by atoms with Crippen molar-refractivity contribution in [3.63, 3.8) is 0 Å². The van der Waals surface area contributed by atoms with Crippen LogP contribution < -0.4 is 10.1 Å². The number of hydrogen-bond donors (Lipinski definition) is 1. The van der Waals surface area contributed by atoms with Crippen molar-refractivity contribution in [3.8, 4) is 5.75 Å². The summed E-state index contributed by atoms with van der Waals surface area (Å²) in [7, 11) is 1.68. The molecule has 114 valence electrons. The van der Waals surface area contributed by atoms with Gasteiger partial charge in [0.25, 0.3) is 0 Å². The quantitative estimate of drug-likeness (QED) is 0.753. The first-order chi connectivity index (χ1) is 10.1. The molecule has 2 rings (SSSR count). The van der Waals surface area contributed by atoms with Gasteiger partial charge in [-0.25, -0.2) is 4.98 Å². The second-order valence-electron chi connectivity index (χ2n) is 6.06. The number of aromatic nitrogens is 1. The predicted octanol–water partition coefficient (Wildman–Crippen LogP) is 4.70.